The SMILES string of the molecule is CCn1nc(C)c(Cl)c1CC(O)c1cccnc1OC. The molecule has 20 heavy (non-hydrogen) atoms. The van der Waals surface area contributed by atoms with Crippen LogP contribution in [0.1, 0.15) is 30.0 Å². The fraction of sp³-hybridized carbons (Fsp3) is 0.429. The van der Waals surface area contributed by atoms with Gasteiger partial charge in [-0.1, -0.05) is 11.6 Å². The highest BCUT2D eigenvalue weighted by Gasteiger charge is 2.20. The predicted molar refractivity (Wildman–Crippen MR) is 77.1 cm³/mol. The zero-order chi connectivity index (χ0) is 14.7. The van der Waals surface area contributed by atoms with Crippen LogP contribution in [0.4, 0.5) is 0 Å². The molecular weight excluding hydrogens is 278 g/mol. The number of hydrogen-bond acceptors (Lipinski definition) is 4. The summed E-state index contributed by atoms with van der Waals surface area (Å²) < 4.78 is 6.98. The first-order valence-corrected chi connectivity index (χ1v) is 6.85. The van der Waals surface area contributed by atoms with Crippen molar-refractivity contribution in [1.82, 2.24) is 14.8 Å². The standard InChI is InChI=1S/C14H18ClN3O2/c1-4-18-11(13(15)9(2)17-18)8-12(19)10-6-5-7-16-14(10)20-3/h5-7,12,19H,4,8H2,1-3H3. The molecule has 0 bridgehead atoms. The molecule has 0 aliphatic rings. The summed E-state index contributed by atoms with van der Waals surface area (Å²) in [5.74, 6) is 0.426. The van der Waals surface area contributed by atoms with Crippen molar-refractivity contribution in [2.24, 2.45) is 0 Å². The molecule has 0 saturated carbocycles. The van der Waals surface area contributed by atoms with Gasteiger partial charge >= 0.3 is 0 Å². The van der Waals surface area contributed by atoms with Crippen molar-refractivity contribution >= 4 is 11.6 Å². The van der Waals surface area contributed by atoms with E-state index in [0.29, 0.717) is 29.4 Å². The van der Waals surface area contributed by atoms with Crippen molar-refractivity contribution in [1.29, 1.82) is 0 Å². The van der Waals surface area contributed by atoms with Crippen molar-refractivity contribution < 1.29 is 9.84 Å². The van der Waals surface area contributed by atoms with Gasteiger partial charge in [0.1, 0.15) is 0 Å². The maximum atomic E-state index is 10.4. The van der Waals surface area contributed by atoms with Gasteiger partial charge in [0.2, 0.25) is 5.88 Å². The monoisotopic (exact) mass is 295 g/mol. The number of aliphatic hydroxyl groups is 1. The zero-order valence-corrected chi connectivity index (χ0v) is 12.6. The third-order valence-electron chi connectivity index (χ3n) is 3.19. The van der Waals surface area contributed by atoms with Gasteiger partial charge in [-0.25, -0.2) is 4.98 Å². The van der Waals surface area contributed by atoms with Gasteiger partial charge in [0, 0.05) is 24.7 Å². The third kappa shape index (κ3) is 2.78. The Labute approximate surface area is 123 Å². The molecule has 2 aromatic rings. The number of ether oxygens (including phenoxy) is 1. The molecule has 2 rings (SSSR count). The largest absolute Gasteiger partial charge is 0.481 e. The molecule has 1 atom stereocenters. The fourth-order valence-corrected chi connectivity index (χ4v) is 2.40. The summed E-state index contributed by atoms with van der Waals surface area (Å²) in [4.78, 5) is 4.09. The number of hydrogen-bond donors (Lipinski definition) is 1. The average molecular weight is 296 g/mol. The van der Waals surface area contributed by atoms with E-state index in [9.17, 15) is 5.11 Å². The molecule has 0 aliphatic heterocycles. The number of aryl methyl sites for hydroxylation is 2. The third-order valence-corrected chi connectivity index (χ3v) is 3.68. The van der Waals surface area contributed by atoms with Gasteiger partial charge in [-0.2, -0.15) is 5.10 Å². The summed E-state index contributed by atoms with van der Waals surface area (Å²) in [5.41, 5.74) is 2.24. The van der Waals surface area contributed by atoms with Gasteiger partial charge in [0.05, 0.1) is 29.6 Å². The molecule has 0 amide bonds. The van der Waals surface area contributed by atoms with Crippen molar-refractivity contribution in [3.05, 3.63) is 40.3 Å². The van der Waals surface area contributed by atoms with Gasteiger partial charge in [0.25, 0.3) is 0 Å². The van der Waals surface area contributed by atoms with Crippen LogP contribution in [0.25, 0.3) is 0 Å². The summed E-state index contributed by atoms with van der Waals surface area (Å²) in [5, 5.41) is 15.4. The molecule has 1 N–H and O–H groups in total. The molecule has 0 fully saturated rings. The van der Waals surface area contributed by atoms with Crippen LogP contribution in [-0.4, -0.2) is 27.0 Å². The Balaban J connectivity index is 2.30. The summed E-state index contributed by atoms with van der Waals surface area (Å²) in [6, 6.07) is 3.56. The fourth-order valence-electron chi connectivity index (χ4n) is 2.18. The lowest BCUT2D eigenvalue weighted by atomic mass is 10.1. The lowest BCUT2D eigenvalue weighted by Crippen LogP contribution is -2.10. The summed E-state index contributed by atoms with van der Waals surface area (Å²) in [6.07, 6.45) is 1.26. The maximum Gasteiger partial charge on any atom is 0.218 e. The van der Waals surface area contributed by atoms with E-state index in [2.05, 4.69) is 10.1 Å². The van der Waals surface area contributed by atoms with E-state index < -0.39 is 6.10 Å². The van der Waals surface area contributed by atoms with Crippen molar-refractivity contribution in [2.45, 2.75) is 32.9 Å². The lowest BCUT2D eigenvalue weighted by Gasteiger charge is -2.14. The molecule has 0 spiro atoms. The molecule has 0 aliphatic carbocycles. The molecule has 2 aromatic heterocycles. The average Bonchev–Trinajstić information content (AvgIpc) is 2.74. The Morgan fingerprint density at radius 3 is 2.90 bits per heavy atom. The quantitative estimate of drug-likeness (QED) is 0.921. The van der Waals surface area contributed by atoms with Crippen LogP contribution >= 0.6 is 11.6 Å². The van der Waals surface area contributed by atoms with Crippen molar-refractivity contribution in [3.8, 4) is 5.88 Å². The first kappa shape index (κ1) is 14.8. The number of aliphatic hydroxyl groups excluding tert-OH is 1. The van der Waals surface area contributed by atoms with Crippen molar-refractivity contribution in [2.75, 3.05) is 7.11 Å². The summed E-state index contributed by atoms with van der Waals surface area (Å²) in [6.45, 7) is 4.55. The molecule has 0 aromatic carbocycles. The van der Waals surface area contributed by atoms with Crippen LogP contribution in [0.5, 0.6) is 5.88 Å². The number of aromatic nitrogens is 3. The number of methoxy groups -OCH3 is 1. The van der Waals surface area contributed by atoms with Crippen LogP contribution in [0.3, 0.4) is 0 Å². The van der Waals surface area contributed by atoms with Crippen LogP contribution in [0.2, 0.25) is 5.02 Å². The van der Waals surface area contributed by atoms with Gasteiger partial charge in [-0.15, -0.1) is 0 Å². The minimum atomic E-state index is -0.738. The highest BCUT2D eigenvalue weighted by Crippen LogP contribution is 2.29. The zero-order valence-electron chi connectivity index (χ0n) is 11.8. The minimum Gasteiger partial charge on any atom is -0.481 e. The number of nitrogens with zero attached hydrogens (tertiary/aromatic N) is 3. The first-order valence-electron chi connectivity index (χ1n) is 6.47. The van der Waals surface area contributed by atoms with Crippen LogP contribution < -0.4 is 4.74 Å². The molecule has 2 heterocycles. The van der Waals surface area contributed by atoms with Gasteiger partial charge in [-0.3, -0.25) is 4.68 Å². The van der Waals surface area contributed by atoms with Gasteiger partial charge < -0.3 is 9.84 Å². The van der Waals surface area contributed by atoms with E-state index in [1.54, 1.807) is 18.3 Å². The van der Waals surface area contributed by atoms with Crippen LogP contribution in [0.15, 0.2) is 18.3 Å². The molecule has 0 radical (unpaired) electrons. The smallest absolute Gasteiger partial charge is 0.218 e. The summed E-state index contributed by atoms with van der Waals surface area (Å²) >= 11 is 6.26. The number of pyridine rings is 1. The second-order valence-electron chi connectivity index (χ2n) is 4.48. The molecule has 5 nitrogen and oxygen atoms in total. The maximum absolute atomic E-state index is 10.4. The van der Waals surface area contributed by atoms with E-state index in [1.807, 2.05) is 18.5 Å². The highest BCUT2D eigenvalue weighted by molar-refractivity contribution is 6.31. The second kappa shape index (κ2) is 6.24. The Morgan fingerprint density at radius 2 is 2.25 bits per heavy atom. The van der Waals surface area contributed by atoms with Crippen LogP contribution in [0, 0.1) is 6.92 Å². The Hall–Kier alpha value is -1.59. The van der Waals surface area contributed by atoms with E-state index >= 15 is 0 Å². The Morgan fingerprint density at radius 1 is 1.50 bits per heavy atom. The Bertz CT molecular complexity index is 598. The highest BCUT2D eigenvalue weighted by atomic mass is 35.5. The predicted octanol–water partition coefficient (Wildman–Crippen LogP) is 2.54. The van der Waals surface area contributed by atoms with Crippen LogP contribution in [-0.2, 0) is 13.0 Å². The first-order chi connectivity index (χ1) is 9.58. The molecule has 0 saturated heterocycles. The van der Waals surface area contributed by atoms with E-state index in [1.165, 1.54) is 7.11 Å². The second-order valence-corrected chi connectivity index (χ2v) is 4.86. The number of halogens is 1. The number of rotatable bonds is 5. The Kier molecular flexibility index (Phi) is 4.62. The normalized spacial score (nSPS) is 12.4. The summed E-state index contributed by atoms with van der Waals surface area (Å²) in [7, 11) is 1.53. The van der Waals surface area contributed by atoms with E-state index in [-0.39, 0.29) is 0 Å². The van der Waals surface area contributed by atoms with Gasteiger partial charge in [-0.05, 0) is 26.0 Å². The molecule has 6 heteroatoms. The van der Waals surface area contributed by atoms with E-state index in [4.69, 9.17) is 16.3 Å². The van der Waals surface area contributed by atoms with Gasteiger partial charge in [0.15, 0.2) is 0 Å². The lowest BCUT2D eigenvalue weighted by molar-refractivity contribution is 0.170. The van der Waals surface area contributed by atoms with Crippen molar-refractivity contribution in [3.63, 3.8) is 0 Å². The molecular formula is C14H18ClN3O2. The van der Waals surface area contributed by atoms with E-state index in [0.717, 1.165) is 11.4 Å². The minimum absolute atomic E-state index is 0.371. The topological polar surface area (TPSA) is 60.2 Å². The molecule has 108 valence electrons. The molecule has 1 unspecified atom stereocenters.